The average molecular weight is 232 g/mol. The molecule has 0 rings (SSSR count). The molecule has 0 heterocycles. The first-order valence-electron chi connectivity index (χ1n) is 4.93. The van der Waals surface area contributed by atoms with Crippen LogP contribution in [0.2, 0.25) is 6.55 Å². The second-order valence-corrected chi connectivity index (χ2v) is 7.03. The standard InChI is InChI=1S/C10H20O4Si/c1-6-10(12)15(5,13-4)14-7-9(11)8(2)3/h10,12H,2,6-7H2,1,3-5H3. The zero-order valence-corrected chi connectivity index (χ0v) is 10.9. The van der Waals surface area contributed by atoms with E-state index < -0.39 is 14.3 Å². The molecule has 0 radical (unpaired) electrons. The molecule has 0 aliphatic heterocycles. The summed E-state index contributed by atoms with van der Waals surface area (Å²) in [7, 11) is -1.15. The van der Waals surface area contributed by atoms with E-state index >= 15 is 0 Å². The zero-order valence-electron chi connectivity index (χ0n) is 9.87. The van der Waals surface area contributed by atoms with E-state index in [1.165, 1.54) is 7.11 Å². The molecule has 0 amide bonds. The summed E-state index contributed by atoms with van der Waals surface area (Å²) in [4.78, 5) is 11.3. The Kier molecular flexibility index (Phi) is 5.97. The molecule has 4 nitrogen and oxygen atoms in total. The van der Waals surface area contributed by atoms with E-state index in [0.717, 1.165) is 0 Å². The van der Waals surface area contributed by atoms with E-state index in [0.29, 0.717) is 12.0 Å². The van der Waals surface area contributed by atoms with Gasteiger partial charge in [0.1, 0.15) is 0 Å². The van der Waals surface area contributed by atoms with Gasteiger partial charge in [-0.05, 0) is 25.5 Å². The first-order valence-corrected chi connectivity index (χ1v) is 7.32. The molecular weight excluding hydrogens is 212 g/mol. The van der Waals surface area contributed by atoms with Crippen molar-refractivity contribution in [1.82, 2.24) is 0 Å². The normalized spacial score (nSPS) is 16.9. The van der Waals surface area contributed by atoms with Crippen LogP contribution >= 0.6 is 0 Å². The van der Waals surface area contributed by atoms with E-state index in [1.54, 1.807) is 13.5 Å². The minimum atomic E-state index is -2.64. The third-order valence-electron chi connectivity index (χ3n) is 2.36. The Bertz CT molecular complexity index is 242. The second-order valence-electron chi connectivity index (χ2n) is 3.64. The number of carbonyl (C=O) groups is 1. The number of rotatable bonds is 7. The summed E-state index contributed by atoms with van der Waals surface area (Å²) in [6.07, 6.45) is 0.553. The van der Waals surface area contributed by atoms with Crippen LogP contribution in [0.1, 0.15) is 20.3 Å². The summed E-state index contributed by atoms with van der Waals surface area (Å²) in [6, 6.07) is 0. The van der Waals surface area contributed by atoms with Crippen molar-refractivity contribution in [3.8, 4) is 0 Å². The summed E-state index contributed by atoms with van der Waals surface area (Å²) in [5.41, 5.74) is -0.172. The third kappa shape index (κ3) is 4.25. The average Bonchev–Trinajstić information content (AvgIpc) is 2.23. The van der Waals surface area contributed by atoms with Crippen LogP contribution in [0, 0.1) is 0 Å². The van der Waals surface area contributed by atoms with Gasteiger partial charge in [-0.3, -0.25) is 4.79 Å². The van der Waals surface area contributed by atoms with Crippen LogP contribution in [0.4, 0.5) is 0 Å². The van der Waals surface area contributed by atoms with Gasteiger partial charge in [-0.25, -0.2) is 0 Å². The number of carbonyl (C=O) groups excluding carboxylic acids is 1. The van der Waals surface area contributed by atoms with Crippen LogP contribution in [-0.2, 0) is 13.6 Å². The Balaban J connectivity index is 4.33. The van der Waals surface area contributed by atoms with Crippen molar-refractivity contribution in [3.05, 3.63) is 12.2 Å². The van der Waals surface area contributed by atoms with Crippen molar-refractivity contribution in [1.29, 1.82) is 0 Å². The van der Waals surface area contributed by atoms with Gasteiger partial charge in [0.2, 0.25) is 0 Å². The first-order chi connectivity index (χ1) is 6.87. The lowest BCUT2D eigenvalue weighted by Gasteiger charge is -2.28. The van der Waals surface area contributed by atoms with Gasteiger partial charge < -0.3 is 14.0 Å². The third-order valence-corrected chi connectivity index (χ3v) is 5.51. The van der Waals surface area contributed by atoms with Crippen molar-refractivity contribution in [3.63, 3.8) is 0 Å². The van der Waals surface area contributed by atoms with E-state index in [-0.39, 0.29) is 12.4 Å². The van der Waals surface area contributed by atoms with Crippen LogP contribution in [-0.4, -0.2) is 38.9 Å². The highest BCUT2D eigenvalue weighted by Crippen LogP contribution is 2.14. The highest BCUT2D eigenvalue weighted by molar-refractivity contribution is 6.67. The number of aliphatic hydroxyl groups excluding tert-OH is 1. The van der Waals surface area contributed by atoms with Crippen molar-refractivity contribution in [2.45, 2.75) is 32.5 Å². The molecule has 2 atom stereocenters. The van der Waals surface area contributed by atoms with Crippen LogP contribution in [0.5, 0.6) is 0 Å². The van der Waals surface area contributed by atoms with Gasteiger partial charge in [0.25, 0.3) is 0 Å². The zero-order chi connectivity index (χ0) is 12.1. The van der Waals surface area contributed by atoms with E-state index in [4.69, 9.17) is 8.85 Å². The molecule has 0 saturated heterocycles. The van der Waals surface area contributed by atoms with E-state index in [2.05, 4.69) is 6.58 Å². The van der Waals surface area contributed by atoms with E-state index in [9.17, 15) is 9.90 Å². The Morgan fingerprint density at radius 1 is 1.60 bits per heavy atom. The molecular formula is C10H20O4Si. The highest BCUT2D eigenvalue weighted by Gasteiger charge is 2.38. The lowest BCUT2D eigenvalue weighted by atomic mass is 10.2. The summed E-state index contributed by atoms with van der Waals surface area (Å²) >= 11 is 0. The monoisotopic (exact) mass is 232 g/mol. The van der Waals surface area contributed by atoms with Gasteiger partial charge in [0.15, 0.2) is 5.78 Å². The summed E-state index contributed by atoms with van der Waals surface area (Å²) in [6.45, 7) is 8.68. The lowest BCUT2D eigenvalue weighted by Crippen LogP contribution is -2.50. The fraction of sp³-hybridized carbons (Fsp3) is 0.700. The predicted octanol–water partition coefficient (Wildman–Crippen LogP) is 1.18. The molecule has 0 aliphatic carbocycles. The van der Waals surface area contributed by atoms with Gasteiger partial charge >= 0.3 is 8.56 Å². The Hall–Kier alpha value is -0.493. The fourth-order valence-corrected chi connectivity index (χ4v) is 2.74. The lowest BCUT2D eigenvalue weighted by molar-refractivity contribution is -0.118. The molecule has 0 aromatic heterocycles. The van der Waals surface area contributed by atoms with Crippen LogP contribution in [0.25, 0.3) is 0 Å². The second kappa shape index (κ2) is 6.17. The van der Waals surface area contributed by atoms with Crippen molar-refractivity contribution < 1.29 is 18.8 Å². The molecule has 0 aromatic rings. The van der Waals surface area contributed by atoms with Gasteiger partial charge in [-0.1, -0.05) is 13.5 Å². The van der Waals surface area contributed by atoms with Gasteiger partial charge in [0.05, 0.1) is 12.3 Å². The maximum absolute atomic E-state index is 11.3. The topological polar surface area (TPSA) is 55.8 Å². The molecule has 0 aliphatic rings. The number of aliphatic hydroxyl groups is 1. The summed E-state index contributed by atoms with van der Waals surface area (Å²) in [5.74, 6) is -0.158. The van der Waals surface area contributed by atoms with Crippen molar-refractivity contribution in [2.24, 2.45) is 0 Å². The summed E-state index contributed by atoms with van der Waals surface area (Å²) in [5, 5.41) is 9.71. The Morgan fingerprint density at radius 2 is 2.13 bits per heavy atom. The van der Waals surface area contributed by atoms with Crippen molar-refractivity contribution in [2.75, 3.05) is 13.7 Å². The molecule has 15 heavy (non-hydrogen) atoms. The fourth-order valence-electron chi connectivity index (χ4n) is 0.994. The number of ketones is 1. The molecule has 1 N–H and O–H groups in total. The minimum Gasteiger partial charge on any atom is -0.396 e. The van der Waals surface area contributed by atoms with Crippen molar-refractivity contribution >= 4 is 14.3 Å². The number of hydrogen-bond donors (Lipinski definition) is 1. The Morgan fingerprint density at radius 3 is 2.47 bits per heavy atom. The van der Waals surface area contributed by atoms with Crippen LogP contribution in [0.3, 0.4) is 0 Å². The highest BCUT2D eigenvalue weighted by atomic mass is 28.4. The maximum Gasteiger partial charge on any atom is 0.364 e. The molecule has 0 fully saturated rings. The van der Waals surface area contributed by atoms with Gasteiger partial charge in [-0.15, -0.1) is 0 Å². The molecule has 88 valence electrons. The smallest absolute Gasteiger partial charge is 0.364 e. The van der Waals surface area contributed by atoms with Gasteiger partial charge in [-0.2, -0.15) is 0 Å². The number of hydrogen-bond acceptors (Lipinski definition) is 4. The quantitative estimate of drug-likeness (QED) is 0.529. The molecule has 5 heteroatoms. The summed E-state index contributed by atoms with van der Waals surface area (Å²) < 4.78 is 10.6. The predicted molar refractivity (Wildman–Crippen MR) is 60.7 cm³/mol. The molecule has 0 bridgehead atoms. The van der Waals surface area contributed by atoms with Crippen LogP contribution < -0.4 is 0 Å². The molecule has 2 unspecified atom stereocenters. The van der Waals surface area contributed by atoms with E-state index in [1.807, 2.05) is 6.92 Å². The Labute approximate surface area is 92.1 Å². The molecule has 0 aromatic carbocycles. The first kappa shape index (κ1) is 14.5. The van der Waals surface area contributed by atoms with Gasteiger partial charge in [0, 0.05) is 7.11 Å². The molecule has 0 spiro atoms. The maximum atomic E-state index is 11.3. The minimum absolute atomic E-state index is 0.0665. The van der Waals surface area contributed by atoms with Crippen LogP contribution in [0.15, 0.2) is 12.2 Å². The number of Topliss-reactive ketones (excluding diaryl/α,β-unsaturated/α-hetero) is 1. The molecule has 0 saturated carbocycles. The SMILES string of the molecule is C=C(C)C(=O)CO[Si](C)(OC)C(O)CC. The largest absolute Gasteiger partial charge is 0.396 e.